The molecule has 43 heavy (non-hydrogen) atoms. The van der Waals surface area contributed by atoms with Crippen LogP contribution in [0, 0.1) is 17.7 Å². The van der Waals surface area contributed by atoms with Gasteiger partial charge < -0.3 is 30.4 Å². The van der Waals surface area contributed by atoms with Crippen LogP contribution in [-0.4, -0.2) is 78.7 Å². The minimum Gasteiger partial charge on any atom is -0.492 e. The maximum Gasteiger partial charge on any atom is 0.255 e. The van der Waals surface area contributed by atoms with E-state index in [-0.39, 0.29) is 23.7 Å². The Morgan fingerprint density at radius 1 is 1.28 bits per heavy atom. The van der Waals surface area contributed by atoms with Crippen molar-refractivity contribution in [1.29, 1.82) is 0 Å². The number of likely N-dealkylation sites (tertiary alicyclic amines) is 1. The summed E-state index contributed by atoms with van der Waals surface area (Å²) in [5, 5.41) is 9.05. The molecule has 1 saturated heterocycles. The molecule has 2 aliphatic heterocycles. The lowest BCUT2D eigenvalue weighted by Crippen LogP contribution is -2.51. The van der Waals surface area contributed by atoms with Crippen molar-refractivity contribution in [2.45, 2.75) is 31.9 Å². The molecule has 10 nitrogen and oxygen atoms in total. The molecule has 4 N–H and O–H groups in total. The molecular weight excluding hydrogens is 551 g/mol. The van der Waals surface area contributed by atoms with Gasteiger partial charge in [0.15, 0.2) is 11.6 Å². The van der Waals surface area contributed by atoms with Crippen molar-refractivity contribution < 1.29 is 23.5 Å². The number of hydrogen-bond acceptors (Lipinski definition) is 7. The van der Waals surface area contributed by atoms with Crippen molar-refractivity contribution in [2.75, 3.05) is 45.7 Å². The van der Waals surface area contributed by atoms with Gasteiger partial charge in [-0.2, -0.15) is 0 Å². The second-order valence-electron chi connectivity index (χ2n) is 10.9. The Labute approximate surface area is 250 Å². The summed E-state index contributed by atoms with van der Waals surface area (Å²) in [5.74, 6) is 5.34. The van der Waals surface area contributed by atoms with Gasteiger partial charge in [0.25, 0.3) is 5.91 Å². The number of methoxy groups -OCH3 is 2. The predicted molar refractivity (Wildman–Crippen MR) is 162 cm³/mol. The molecule has 0 aliphatic carbocycles. The number of halogens is 1. The van der Waals surface area contributed by atoms with Crippen LogP contribution in [-0.2, 0) is 16.0 Å². The Morgan fingerprint density at radius 3 is 2.86 bits per heavy atom. The minimum absolute atomic E-state index is 0.0324. The number of carbonyl (C=O) groups excluding carboxylic acids is 2. The summed E-state index contributed by atoms with van der Waals surface area (Å²) < 4.78 is 25.1. The third-order valence-electron chi connectivity index (χ3n) is 7.32. The number of H-pyrrole nitrogens is 1. The summed E-state index contributed by atoms with van der Waals surface area (Å²) in [6, 6.07) is 6.35. The van der Waals surface area contributed by atoms with Crippen molar-refractivity contribution in [2.24, 2.45) is 0 Å². The molecule has 0 saturated carbocycles. The number of pyridine rings is 1. The van der Waals surface area contributed by atoms with Crippen LogP contribution in [0.2, 0.25) is 0 Å². The first-order chi connectivity index (χ1) is 20.7. The minimum atomic E-state index is -0.850. The van der Waals surface area contributed by atoms with Gasteiger partial charge >= 0.3 is 0 Å². The zero-order valence-corrected chi connectivity index (χ0v) is 24.6. The third kappa shape index (κ3) is 6.71. The van der Waals surface area contributed by atoms with Crippen LogP contribution in [0.5, 0.6) is 5.75 Å². The molecule has 1 fully saturated rings. The molecular formula is C32H35FN6O4. The van der Waals surface area contributed by atoms with E-state index < -0.39 is 11.4 Å². The highest BCUT2D eigenvalue weighted by molar-refractivity contribution is 6.06. The molecule has 5 rings (SSSR count). The monoisotopic (exact) mass is 586 g/mol. The topological polar surface area (TPSA) is 121 Å². The summed E-state index contributed by atoms with van der Waals surface area (Å²) in [5.41, 5.74) is 3.06. The fourth-order valence-electron chi connectivity index (χ4n) is 5.10. The second-order valence-corrected chi connectivity index (χ2v) is 10.9. The number of aromatic amines is 1. The Balaban J connectivity index is 1.41. The molecule has 0 radical (unpaired) electrons. The van der Waals surface area contributed by atoms with E-state index in [1.165, 1.54) is 19.3 Å². The number of carbonyl (C=O) groups is 2. The summed E-state index contributed by atoms with van der Waals surface area (Å²) in [6.07, 6.45) is 7.48. The summed E-state index contributed by atoms with van der Waals surface area (Å²) >= 11 is 0. The molecule has 2 aromatic heterocycles. The van der Waals surface area contributed by atoms with Crippen LogP contribution in [0.3, 0.4) is 0 Å². The number of hydrogen-bond donors (Lipinski definition) is 4. The fraction of sp³-hybridized carbons (Fsp3) is 0.344. The maximum absolute atomic E-state index is 14.5. The number of nitrogens with one attached hydrogen (secondary N) is 4. The van der Waals surface area contributed by atoms with E-state index in [1.807, 2.05) is 19.9 Å². The summed E-state index contributed by atoms with van der Waals surface area (Å²) in [6.45, 7) is 6.52. The molecule has 3 aromatic rings. The molecule has 2 aliphatic rings. The van der Waals surface area contributed by atoms with Crippen molar-refractivity contribution in [3.63, 3.8) is 0 Å². The van der Waals surface area contributed by atoms with Crippen LogP contribution >= 0.6 is 0 Å². The lowest BCUT2D eigenvalue weighted by Gasteiger charge is -2.37. The number of ether oxygens (including phenoxy) is 2. The second kappa shape index (κ2) is 12.7. The quantitative estimate of drug-likeness (QED) is 0.224. The number of fused-ring (bicyclic) bond motifs is 1. The normalized spacial score (nSPS) is 15.2. The van der Waals surface area contributed by atoms with Crippen molar-refractivity contribution in [3.8, 4) is 28.8 Å². The van der Waals surface area contributed by atoms with E-state index in [2.05, 4.69) is 42.7 Å². The van der Waals surface area contributed by atoms with Crippen molar-refractivity contribution in [3.05, 3.63) is 71.4 Å². The largest absolute Gasteiger partial charge is 0.492 e. The van der Waals surface area contributed by atoms with Crippen LogP contribution in [0.4, 0.5) is 15.8 Å². The van der Waals surface area contributed by atoms with E-state index in [0.29, 0.717) is 53.3 Å². The highest BCUT2D eigenvalue weighted by Crippen LogP contribution is 2.40. The van der Waals surface area contributed by atoms with Gasteiger partial charge in [0.2, 0.25) is 5.91 Å². The van der Waals surface area contributed by atoms with Crippen LogP contribution in [0.1, 0.15) is 35.5 Å². The molecule has 0 spiro atoms. The van der Waals surface area contributed by atoms with Crippen LogP contribution in [0.25, 0.3) is 11.3 Å². The first-order valence-electron chi connectivity index (χ1n) is 14.0. The highest BCUT2D eigenvalue weighted by Gasteiger charge is 2.29. The van der Waals surface area contributed by atoms with Gasteiger partial charge in [-0.15, -0.1) is 0 Å². The number of nitrogens with zero attached hydrogens (tertiary/aromatic N) is 2. The first kappa shape index (κ1) is 29.8. The van der Waals surface area contributed by atoms with Gasteiger partial charge in [-0.1, -0.05) is 24.0 Å². The number of anilines is 2. The van der Waals surface area contributed by atoms with Gasteiger partial charge in [-0.05, 0) is 32.0 Å². The van der Waals surface area contributed by atoms with E-state index in [4.69, 9.17) is 9.47 Å². The Morgan fingerprint density at radius 2 is 2.09 bits per heavy atom. The van der Waals surface area contributed by atoms with Crippen LogP contribution in [0.15, 0.2) is 48.8 Å². The lowest BCUT2D eigenvalue weighted by molar-refractivity contribution is -0.117. The standard InChI is InChI=1S/C32H35FN6O4/c1-32(2,38-26(40)9-6-16-39-18-21(19-39)42-3)13-10-20-17-34-14-11-22(20)28-29(27-24(36-28)12-15-35-31(27)41)37-25-8-5-7-23(33)30(25)43-4/h5-9,11,14,17,21,36-37H,12,15-16,18-19H2,1-4H3,(H,35,41)(H,38,40)/b9-6+. The lowest BCUT2D eigenvalue weighted by atomic mass is 10.0. The Hall–Kier alpha value is -4.66. The van der Waals surface area contributed by atoms with E-state index in [1.54, 1.807) is 37.7 Å². The first-order valence-corrected chi connectivity index (χ1v) is 14.0. The molecule has 0 atom stereocenters. The zero-order chi connectivity index (χ0) is 30.6. The van der Waals surface area contributed by atoms with Gasteiger partial charge in [-0.25, -0.2) is 4.39 Å². The van der Waals surface area contributed by atoms with Crippen LogP contribution < -0.4 is 20.7 Å². The number of benzene rings is 1. The third-order valence-corrected chi connectivity index (χ3v) is 7.32. The smallest absolute Gasteiger partial charge is 0.255 e. The van der Waals surface area contributed by atoms with Gasteiger partial charge in [0.05, 0.1) is 46.9 Å². The molecule has 224 valence electrons. The zero-order valence-electron chi connectivity index (χ0n) is 24.6. The van der Waals surface area contributed by atoms with E-state index >= 15 is 0 Å². The van der Waals surface area contributed by atoms with Crippen molar-refractivity contribution >= 4 is 23.2 Å². The van der Waals surface area contributed by atoms with Gasteiger partial charge in [0, 0.05) is 69.4 Å². The highest BCUT2D eigenvalue weighted by atomic mass is 19.1. The fourth-order valence-corrected chi connectivity index (χ4v) is 5.10. The molecule has 0 bridgehead atoms. The summed E-state index contributed by atoms with van der Waals surface area (Å²) in [7, 11) is 3.09. The van der Waals surface area contributed by atoms with E-state index in [9.17, 15) is 14.0 Å². The summed E-state index contributed by atoms with van der Waals surface area (Å²) in [4.78, 5) is 35.4. The molecule has 1 aromatic carbocycles. The Bertz CT molecular complexity index is 1610. The van der Waals surface area contributed by atoms with E-state index in [0.717, 1.165) is 18.8 Å². The maximum atomic E-state index is 14.5. The van der Waals surface area contributed by atoms with Crippen molar-refractivity contribution in [1.82, 2.24) is 25.5 Å². The molecule has 0 unspecified atom stereocenters. The number of para-hydroxylation sites is 1. The number of amides is 2. The van der Waals surface area contributed by atoms with Gasteiger partial charge in [0.1, 0.15) is 0 Å². The Kier molecular flexibility index (Phi) is 8.80. The average Bonchev–Trinajstić information content (AvgIpc) is 3.32. The SMILES string of the molecule is COc1c(F)cccc1Nc1c(-c2ccncc2C#CC(C)(C)NC(=O)/C=C/CN2CC(OC)C2)[nH]c2c1C(=O)NCC2. The average molecular weight is 587 g/mol. The number of rotatable bonds is 9. The predicted octanol–water partition coefficient (Wildman–Crippen LogP) is 3.39. The molecule has 4 heterocycles. The van der Waals surface area contributed by atoms with Gasteiger partial charge in [-0.3, -0.25) is 19.5 Å². The molecule has 11 heteroatoms. The number of aromatic nitrogens is 2. The molecule has 2 amide bonds.